The van der Waals surface area contributed by atoms with Gasteiger partial charge < -0.3 is 4.74 Å². The second-order valence-electron chi connectivity index (χ2n) is 7.21. The van der Waals surface area contributed by atoms with Crippen LogP contribution in [0.1, 0.15) is 27.1 Å². The van der Waals surface area contributed by atoms with Crippen molar-refractivity contribution < 1.29 is 27.5 Å². The van der Waals surface area contributed by atoms with E-state index in [0.29, 0.717) is 5.52 Å². The van der Waals surface area contributed by atoms with Crippen LogP contribution in [0.25, 0.3) is 10.9 Å². The molecule has 0 fully saturated rings. The van der Waals surface area contributed by atoms with Crippen LogP contribution in [0.3, 0.4) is 0 Å². The van der Waals surface area contributed by atoms with Crippen LogP contribution in [0, 0.1) is 0 Å². The van der Waals surface area contributed by atoms with Crippen molar-refractivity contribution in [3.05, 3.63) is 71.9 Å². The molecule has 2 aromatic carbocycles. The lowest BCUT2D eigenvalue weighted by molar-refractivity contribution is -0.138. The highest BCUT2D eigenvalue weighted by molar-refractivity contribution is 7.90. The molecule has 0 unspecified atom stereocenters. The molecule has 0 radical (unpaired) electrons. The second-order valence-corrected chi connectivity index (χ2v) is 9.47. The number of benzene rings is 2. The van der Waals surface area contributed by atoms with Gasteiger partial charge in [0.1, 0.15) is 21.4 Å². The van der Waals surface area contributed by atoms with Gasteiger partial charge in [0.2, 0.25) is 0 Å². The van der Waals surface area contributed by atoms with Crippen molar-refractivity contribution in [1.29, 1.82) is 0 Å². The summed E-state index contributed by atoms with van der Waals surface area (Å²) in [6, 6.07) is 13.4. The van der Waals surface area contributed by atoms with E-state index in [2.05, 4.69) is 4.98 Å². The Morgan fingerprint density at radius 2 is 1.65 bits per heavy atom. The zero-order chi connectivity index (χ0) is 22.2. The molecule has 1 aliphatic rings. The number of para-hydroxylation sites is 1. The van der Waals surface area contributed by atoms with Crippen LogP contribution in [0.15, 0.2) is 60.8 Å². The highest BCUT2D eigenvalue weighted by Crippen LogP contribution is 2.28. The van der Waals surface area contributed by atoms with E-state index in [4.69, 9.17) is 4.74 Å². The first-order valence-electron chi connectivity index (χ1n) is 9.46. The number of hydrogen-bond acceptors (Lipinski definition) is 7. The molecule has 31 heavy (non-hydrogen) atoms. The third-order valence-electron chi connectivity index (χ3n) is 4.98. The largest absolute Gasteiger partial charge is 0.423 e. The molecule has 0 aliphatic carbocycles. The summed E-state index contributed by atoms with van der Waals surface area (Å²) in [6.45, 7) is 0. The molecule has 0 saturated heterocycles. The molecule has 1 atom stereocenters. The lowest BCUT2D eigenvalue weighted by atomic mass is 10.1. The standard InChI is InChI=1S/C22H18N2O6S/c1-31(28,29)13-11-17(24-20(25)15-8-2-3-9-16(15)21(24)26)22(27)30-18-10-4-6-14-7-5-12-23-19(14)18/h2-10,12,17H,11,13H2,1H3/t17-/m1/s1. The second kappa shape index (κ2) is 7.92. The van der Waals surface area contributed by atoms with Crippen LogP contribution in [0.2, 0.25) is 0 Å². The van der Waals surface area contributed by atoms with E-state index in [1.165, 1.54) is 12.1 Å². The molecule has 4 rings (SSSR count). The first-order chi connectivity index (χ1) is 14.8. The Morgan fingerprint density at radius 3 is 2.29 bits per heavy atom. The Hall–Kier alpha value is -3.59. The molecule has 0 N–H and O–H groups in total. The number of sulfone groups is 1. The number of carbonyl (C=O) groups excluding carboxylic acids is 3. The molecule has 0 spiro atoms. The minimum absolute atomic E-state index is 0.157. The molecule has 158 valence electrons. The van der Waals surface area contributed by atoms with Crippen LogP contribution < -0.4 is 4.74 Å². The third-order valence-corrected chi connectivity index (χ3v) is 5.95. The Bertz CT molecular complexity index is 1280. The number of esters is 1. The molecule has 1 aromatic heterocycles. The van der Waals surface area contributed by atoms with Crippen molar-refractivity contribution in [3.8, 4) is 5.75 Å². The molecule has 0 saturated carbocycles. The number of hydrogen-bond donors (Lipinski definition) is 0. The predicted octanol–water partition coefficient (Wildman–Crippen LogP) is 2.24. The number of carbonyl (C=O) groups is 3. The fourth-order valence-corrected chi connectivity index (χ4v) is 4.16. The summed E-state index contributed by atoms with van der Waals surface area (Å²) in [4.78, 5) is 43.9. The van der Waals surface area contributed by atoms with E-state index in [1.807, 2.05) is 0 Å². The van der Waals surface area contributed by atoms with E-state index >= 15 is 0 Å². The Labute approximate surface area is 178 Å². The highest BCUT2D eigenvalue weighted by atomic mass is 32.2. The Balaban J connectivity index is 1.69. The van der Waals surface area contributed by atoms with Crippen LogP contribution in [0.5, 0.6) is 5.75 Å². The van der Waals surface area contributed by atoms with Crippen molar-refractivity contribution >= 4 is 38.5 Å². The SMILES string of the molecule is CS(=O)(=O)CC[C@H](C(=O)Oc1cccc2cccnc12)N1C(=O)c2ccccc2C1=O. The van der Waals surface area contributed by atoms with Crippen molar-refractivity contribution in [2.75, 3.05) is 12.0 Å². The maximum Gasteiger partial charge on any atom is 0.334 e. The smallest absolute Gasteiger partial charge is 0.334 e. The van der Waals surface area contributed by atoms with E-state index < -0.39 is 39.4 Å². The number of ether oxygens (including phenoxy) is 1. The van der Waals surface area contributed by atoms with Gasteiger partial charge in [-0.25, -0.2) is 13.2 Å². The summed E-state index contributed by atoms with van der Waals surface area (Å²) in [5.41, 5.74) is 0.760. The quantitative estimate of drug-likeness (QED) is 0.330. The normalized spacial score (nSPS) is 14.5. The summed E-state index contributed by atoms with van der Waals surface area (Å²) in [5, 5.41) is 0.737. The molecule has 9 heteroatoms. The lowest BCUT2D eigenvalue weighted by Crippen LogP contribution is -2.47. The Kier molecular flexibility index (Phi) is 5.28. The topological polar surface area (TPSA) is 111 Å². The average Bonchev–Trinajstić information content (AvgIpc) is 2.99. The van der Waals surface area contributed by atoms with Gasteiger partial charge >= 0.3 is 5.97 Å². The van der Waals surface area contributed by atoms with Crippen LogP contribution >= 0.6 is 0 Å². The summed E-state index contributed by atoms with van der Waals surface area (Å²) < 4.78 is 29.0. The van der Waals surface area contributed by atoms with Gasteiger partial charge in [-0.2, -0.15) is 0 Å². The molecular weight excluding hydrogens is 420 g/mol. The van der Waals surface area contributed by atoms with Crippen molar-refractivity contribution in [2.45, 2.75) is 12.5 Å². The van der Waals surface area contributed by atoms with Gasteiger partial charge in [-0.1, -0.05) is 30.3 Å². The van der Waals surface area contributed by atoms with E-state index in [1.54, 1.807) is 48.7 Å². The van der Waals surface area contributed by atoms with Gasteiger partial charge in [0.15, 0.2) is 5.75 Å². The predicted molar refractivity (Wildman–Crippen MR) is 112 cm³/mol. The van der Waals surface area contributed by atoms with Gasteiger partial charge in [-0.15, -0.1) is 0 Å². The third kappa shape index (κ3) is 4.04. The molecule has 1 aliphatic heterocycles. The molecule has 3 aromatic rings. The number of imide groups is 1. The summed E-state index contributed by atoms with van der Waals surface area (Å²) >= 11 is 0. The fourth-order valence-electron chi connectivity index (χ4n) is 3.50. The molecule has 2 amide bonds. The number of aromatic nitrogens is 1. The van der Waals surface area contributed by atoms with Gasteiger partial charge in [-0.3, -0.25) is 19.5 Å². The summed E-state index contributed by atoms with van der Waals surface area (Å²) in [7, 11) is -3.46. The number of nitrogens with zero attached hydrogens (tertiary/aromatic N) is 2. The van der Waals surface area contributed by atoms with Crippen molar-refractivity contribution in [3.63, 3.8) is 0 Å². The maximum atomic E-state index is 13.1. The minimum atomic E-state index is -3.46. The Morgan fingerprint density at radius 1 is 1.00 bits per heavy atom. The number of pyridine rings is 1. The highest BCUT2D eigenvalue weighted by Gasteiger charge is 2.43. The van der Waals surface area contributed by atoms with Crippen molar-refractivity contribution in [1.82, 2.24) is 9.88 Å². The minimum Gasteiger partial charge on any atom is -0.423 e. The summed E-state index contributed by atoms with van der Waals surface area (Å²) in [6.07, 6.45) is 2.29. The van der Waals surface area contributed by atoms with Gasteiger partial charge in [0, 0.05) is 17.8 Å². The monoisotopic (exact) mass is 438 g/mol. The van der Waals surface area contributed by atoms with Gasteiger partial charge in [-0.05, 0) is 30.7 Å². The molecule has 2 heterocycles. The van der Waals surface area contributed by atoms with E-state index in [-0.39, 0.29) is 23.3 Å². The van der Waals surface area contributed by atoms with Gasteiger partial charge in [0.25, 0.3) is 11.8 Å². The zero-order valence-corrected chi connectivity index (χ0v) is 17.3. The number of amides is 2. The zero-order valence-electron chi connectivity index (χ0n) is 16.5. The van der Waals surface area contributed by atoms with Crippen LogP contribution in [-0.4, -0.2) is 54.1 Å². The summed E-state index contributed by atoms with van der Waals surface area (Å²) in [5.74, 6) is -2.46. The first-order valence-corrected chi connectivity index (χ1v) is 11.5. The lowest BCUT2D eigenvalue weighted by Gasteiger charge is -2.24. The van der Waals surface area contributed by atoms with E-state index in [0.717, 1.165) is 16.5 Å². The first kappa shape index (κ1) is 20.7. The van der Waals surface area contributed by atoms with Gasteiger partial charge in [0.05, 0.1) is 16.9 Å². The number of rotatable bonds is 6. The maximum absolute atomic E-state index is 13.1. The van der Waals surface area contributed by atoms with E-state index in [9.17, 15) is 22.8 Å². The number of fused-ring (bicyclic) bond motifs is 2. The molecule has 8 nitrogen and oxygen atoms in total. The fraction of sp³-hybridized carbons (Fsp3) is 0.182. The van der Waals surface area contributed by atoms with Crippen LogP contribution in [0.4, 0.5) is 0 Å². The van der Waals surface area contributed by atoms with Crippen molar-refractivity contribution in [2.24, 2.45) is 0 Å². The average molecular weight is 438 g/mol. The van der Waals surface area contributed by atoms with Crippen LogP contribution in [-0.2, 0) is 14.6 Å². The molecule has 0 bridgehead atoms. The molecular formula is C22H18N2O6S.